The van der Waals surface area contributed by atoms with E-state index in [4.69, 9.17) is 10.5 Å². The van der Waals surface area contributed by atoms with Crippen LogP contribution in [0.5, 0.6) is 5.75 Å². The summed E-state index contributed by atoms with van der Waals surface area (Å²) >= 11 is 1.82. The highest BCUT2D eigenvalue weighted by molar-refractivity contribution is 7.11. The number of benzene rings is 1. The Labute approximate surface area is 112 Å². The molecule has 2 nitrogen and oxygen atoms in total. The topological polar surface area (TPSA) is 35.2 Å². The molecule has 0 fully saturated rings. The molecule has 18 heavy (non-hydrogen) atoms. The van der Waals surface area contributed by atoms with Gasteiger partial charge in [0.2, 0.25) is 0 Å². The SMILES string of the molecule is CCc1ccc(COc2c(C)cccc2CN)s1. The van der Waals surface area contributed by atoms with Crippen molar-refractivity contribution in [3.05, 3.63) is 51.2 Å². The van der Waals surface area contributed by atoms with Crippen molar-refractivity contribution in [3.63, 3.8) is 0 Å². The quantitative estimate of drug-likeness (QED) is 0.891. The van der Waals surface area contributed by atoms with E-state index in [1.54, 1.807) is 0 Å². The second kappa shape index (κ2) is 6.03. The fourth-order valence-electron chi connectivity index (χ4n) is 1.91. The number of thiophene rings is 1. The normalized spacial score (nSPS) is 10.6. The smallest absolute Gasteiger partial charge is 0.127 e. The van der Waals surface area contributed by atoms with Gasteiger partial charge in [-0.2, -0.15) is 0 Å². The molecule has 1 aromatic heterocycles. The number of para-hydroxylation sites is 1. The standard InChI is InChI=1S/C15H19NOS/c1-3-13-7-8-14(18-13)10-17-15-11(2)5-4-6-12(15)9-16/h4-8H,3,9-10,16H2,1-2H3. The average Bonchev–Trinajstić information content (AvgIpc) is 2.85. The molecular formula is C15H19NOS. The Bertz CT molecular complexity index is 519. The van der Waals surface area contributed by atoms with Crippen LogP contribution in [0.1, 0.15) is 27.8 Å². The molecule has 1 aromatic carbocycles. The zero-order valence-electron chi connectivity index (χ0n) is 10.9. The molecule has 0 saturated carbocycles. The van der Waals surface area contributed by atoms with Gasteiger partial charge in [0.1, 0.15) is 12.4 Å². The van der Waals surface area contributed by atoms with Gasteiger partial charge in [0.05, 0.1) is 0 Å². The van der Waals surface area contributed by atoms with Crippen molar-refractivity contribution < 1.29 is 4.74 Å². The van der Waals surface area contributed by atoms with Gasteiger partial charge in [-0.1, -0.05) is 25.1 Å². The van der Waals surface area contributed by atoms with Crippen LogP contribution in [0.2, 0.25) is 0 Å². The van der Waals surface area contributed by atoms with Crippen LogP contribution in [0, 0.1) is 6.92 Å². The molecule has 2 rings (SSSR count). The van der Waals surface area contributed by atoms with Gasteiger partial charge in [0.25, 0.3) is 0 Å². The van der Waals surface area contributed by atoms with Gasteiger partial charge < -0.3 is 10.5 Å². The second-order valence-corrected chi connectivity index (χ2v) is 5.53. The summed E-state index contributed by atoms with van der Waals surface area (Å²) in [5.41, 5.74) is 7.95. The first-order chi connectivity index (χ1) is 8.74. The predicted molar refractivity (Wildman–Crippen MR) is 77.1 cm³/mol. The van der Waals surface area contributed by atoms with Crippen molar-refractivity contribution in [1.29, 1.82) is 0 Å². The summed E-state index contributed by atoms with van der Waals surface area (Å²) < 4.78 is 5.93. The lowest BCUT2D eigenvalue weighted by molar-refractivity contribution is 0.304. The summed E-state index contributed by atoms with van der Waals surface area (Å²) in [5.74, 6) is 0.937. The van der Waals surface area contributed by atoms with Crippen LogP contribution in [0.3, 0.4) is 0 Å². The van der Waals surface area contributed by atoms with Crippen LogP contribution in [-0.2, 0) is 19.6 Å². The van der Waals surface area contributed by atoms with Gasteiger partial charge in [0, 0.05) is 21.9 Å². The molecule has 3 heteroatoms. The largest absolute Gasteiger partial charge is 0.487 e. The summed E-state index contributed by atoms with van der Waals surface area (Å²) in [6.45, 7) is 5.37. The molecule has 0 saturated heterocycles. The molecule has 0 aliphatic heterocycles. The molecule has 0 radical (unpaired) electrons. The highest BCUT2D eigenvalue weighted by atomic mass is 32.1. The van der Waals surface area contributed by atoms with Crippen molar-refractivity contribution in [2.75, 3.05) is 0 Å². The minimum absolute atomic E-state index is 0.516. The summed E-state index contributed by atoms with van der Waals surface area (Å²) in [5, 5.41) is 0. The third-order valence-electron chi connectivity index (χ3n) is 2.94. The lowest BCUT2D eigenvalue weighted by Crippen LogP contribution is -2.03. The predicted octanol–water partition coefficient (Wildman–Crippen LogP) is 3.66. The first kappa shape index (κ1) is 13.1. The third-order valence-corrected chi connectivity index (χ3v) is 4.14. The fraction of sp³-hybridized carbons (Fsp3) is 0.333. The number of hydrogen-bond acceptors (Lipinski definition) is 3. The molecule has 0 aliphatic rings. The molecular weight excluding hydrogens is 242 g/mol. The number of rotatable bonds is 5. The zero-order valence-corrected chi connectivity index (χ0v) is 11.7. The monoisotopic (exact) mass is 261 g/mol. The van der Waals surface area contributed by atoms with E-state index in [9.17, 15) is 0 Å². The summed E-state index contributed by atoms with van der Waals surface area (Å²) in [6.07, 6.45) is 1.09. The molecule has 2 N–H and O–H groups in total. The summed E-state index contributed by atoms with van der Waals surface area (Å²) in [7, 11) is 0. The molecule has 96 valence electrons. The number of ether oxygens (including phenoxy) is 1. The Balaban J connectivity index is 2.10. The first-order valence-corrected chi connectivity index (χ1v) is 7.05. The lowest BCUT2D eigenvalue weighted by Gasteiger charge is -2.12. The van der Waals surface area contributed by atoms with Crippen LogP contribution >= 0.6 is 11.3 Å². The van der Waals surface area contributed by atoms with E-state index >= 15 is 0 Å². The van der Waals surface area contributed by atoms with E-state index in [0.717, 1.165) is 23.3 Å². The fourth-order valence-corrected chi connectivity index (χ4v) is 2.78. The Morgan fingerprint density at radius 2 is 1.94 bits per heavy atom. The maximum Gasteiger partial charge on any atom is 0.127 e. The molecule has 0 aliphatic carbocycles. The van der Waals surface area contributed by atoms with E-state index in [1.165, 1.54) is 9.75 Å². The molecule has 1 heterocycles. The number of aryl methyl sites for hydroxylation is 2. The van der Waals surface area contributed by atoms with Crippen molar-refractivity contribution in [2.45, 2.75) is 33.4 Å². The Morgan fingerprint density at radius 3 is 2.61 bits per heavy atom. The molecule has 0 unspecified atom stereocenters. The minimum Gasteiger partial charge on any atom is -0.487 e. The van der Waals surface area contributed by atoms with Gasteiger partial charge in [-0.15, -0.1) is 11.3 Å². The van der Waals surface area contributed by atoms with E-state index in [-0.39, 0.29) is 0 Å². The Hall–Kier alpha value is -1.32. The molecule has 2 aromatic rings. The van der Waals surface area contributed by atoms with Crippen LogP contribution in [0.15, 0.2) is 30.3 Å². The maximum absolute atomic E-state index is 5.93. The summed E-state index contributed by atoms with van der Waals surface area (Å²) in [4.78, 5) is 2.66. The second-order valence-electron chi connectivity index (χ2n) is 4.28. The Kier molecular flexibility index (Phi) is 4.39. The Morgan fingerprint density at radius 1 is 1.17 bits per heavy atom. The molecule has 0 atom stereocenters. The van der Waals surface area contributed by atoms with Gasteiger partial charge in [-0.25, -0.2) is 0 Å². The lowest BCUT2D eigenvalue weighted by atomic mass is 10.1. The van der Waals surface area contributed by atoms with Gasteiger partial charge in [-0.3, -0.25) is 0 Å². The zero-order chi connectivity index (χ0) is 13.0. The van der Waals surface area contributed by atoms with Crippen LogP contribution < -0.4 is 10.5 Å². The van der Waals surface area contributed by atoms with Crippen molar-refractivity contribution >= 4 is 11.3 Å². The van der Waals surface area contributed by atoms with Gasteiger partial charge >= 0.3 is 0 Å². The third kappa shape index (κ3) is 2.92. The highest BCUT2D eigenvalue weighted by Crippen LogP contribution is 2.25. The molecule has 0 spiro atoms. The highest BCUT2D eigenvalue weighted by Gasteiger charge is 2.06. The van der Waals surface area contributed by atoms with E-state index in [0.29, 0.717) is 13.2 Å². The van der Waals surface area contributed by atoms with Crippen molar-refractivity contribution in [3.8, 4) is 5.75 Å². The first-order valence-electron chi connectivity index (χ1n) is 6.23. The molecule has 0 bridgehead atoms. The van der Waals surface area contributed by atoms with Gasteiger partial charge in [0.15, 0.2) is 0 Å². The van der Waals surface area contributed by atoms with Crippen LogP contribution in [-0.4, -0.2) is 0 Å². The number of hydrogen-bond donors (Lipinski definition) is 1. The number of nitrogens with two attached hydrogens (primary N) is 1. The average molecular weight is 261 g/mol. The van der Waals surface area contributed by atoms with E-state index in [1.807, 2.05) is 23.5 Å². The van der Waals surface area contributed by atoms with Crippen LogP contribution in [0.4, 0.5) is 0 Å². The minimum atomic E-state index is 0.516. The van der Waals surface area contributed by atoms with Crippen LogP contribution in [0.25, 0.3) is 0 Å². The van der Waals surface area contributed by atoms with E-state index < -0.39 is 0 Å². The van der Waals surface area contributed by atoms with E-state index in [2.05, 4.69) is 32.0 Å². The van der Waals surface area contributed by atoms with Gasteiger partial charge in [-0.05, 0) is 31.0 Å². The maximum atomic E-state index is 5.93. The summed E-state index contributed by atoms with van der Waals surface area (Å²) in [6, 6.07) is 10.4. The van der Waals surface area contributed by atoms with Crippen molar-refractivity contribution in [2.24, 2.45) is 5.73 Å². The molecule has 0 amide bonds. The van der Waals surface area contributed by atoms with Crippen molar-refractivity contribution in [1.82, 2.24) is 0 Å².